The number of carbonyl (C=O) groups is 3. The van der Waals surface area contributed by atoms with Gasteiger partial charge in [-0.25, -0.2) is 0 Å². The third-order valence-electron chi connectivity index (χ3n) is 6.68. The lowest BCUT2D eigenvalue weighted by atomic mass is 9.80. The summed E-state index contributed by atoms with van der Waals surface area (Å²) < 4.78 is 0. The Labute approximate surface area is 154 Å². The molecule has 0 heterocycles. The van der Waals surface area contributed by atoms with Crippen LogP contribution in [0, 0.1) is 23.7 Å². The van der Waals surface area contributed by atoms with Crippen LogP contribution in [0.2, 0.25) is 0 Å². The van der Waals surface area contributed by atoms with Crippen LogP contribution < -0.4 is 5.11 Å². The van der Waals surface area contributed by atoms with E-state index in [0.717, 1.165) is 51.4 Å². The van der Waals surface area contributed by atoms with Crippen molar-refractivity contribution in [2.75, 3.05) is 0 Å². The van der Waals surface area contributed by atoms with Crippen LogP contribution in [0.4, 0.5) is 0 Å². The van der Waals surface area contributed by atoms with Crippen LogP contribution in [0.3, 0.4) is 0 Å². The Balaban J connectivity index is 1.61. The SMILES string of the molecule is CC(=CC1=C([O-])C2CCCCC2C1=O)C=C1C(=O)C2CCCCC2C1=O. The molecule has 4 atom stereocenters. The maximum atomic E-state index is 12.6. The molecule has 0 amide bonds. The second-order valence-corrected chi connectivity index (χ2v) is 8.31. The fourth-order valence-corrected chi connectivity index (χ4v) is 5.34. The predicted octanol–water partition coefficient (Wildman–Crippen LogP) is 2.82. The van der Waals surface area contributed by atoms with Gasteiger partial charge in [-0.3, -0.25) is 14.4 Å². The Morgan fingerprint density at radius 3 is 1.77 bits per heavy atom. The number of rotatable bonds is 2. The van der Waals surface area contributed by atoms with Crippen LogP contribution in [-0.2, 0) is 14.4 Å². The summed E-state index contributed by atoms with van der Waals surface area (Å²) in [6.07, 6.45) is 10.4. The molecule has 3 saturated carbocycles. The molecule has 0 aromatic carbocycles. The molecule has 4 unspecified atom stereocenters. The van der Waals surface area contributed by atoms with Gasteiger partial charge >= 0.3 is 0 Å². The summed E-state index contributed by atoms with van der Waals surface area (Å²) in [4.78, 5) is 37.8. The van der Waals surface area contributed by atoms with Crippen molar-refractivity contribution in [1.29, 1.82) is 0 Å². The second kappa shape index (κ2) is 6.64. The van der Waals surface area contributed by atoms with Gasteiger partial charge in [0.2, 0.25) is 0 Å². The van der Waals surface area contributed by atoms with Crippen LogP contribution in [0.15, 0.2) is 34.6 Å². The van der Waals surface area contributed by atoms with Gasteiger partial charge in [0.05, 0.1) is 5.57 Å². The fraction of sp³-hybridized carbons (Fsp3) is 0.591. The Kier molecular flexibility index (Phi) is 4.45. The molecular formula is C22H25O4-. The molecule has 4 nitrogen and oxygen atoms in total. The minimum absolute atomic E-state index is 0.0461. The first-order valence-electron chi connectivity index (χ1n) is 9.93. The minimum atomic E-state index is -0.152. The van der Waals surface area contributed by atoms with Crippen LogP contribution in [0.25, 0.3) is 0 Å². The Morgan fingerprint density at radius 2 is 1.27 bits per heavy atom. The van der Waals surface area contributed by atoms with Gasteiger partial charge in [-0.05, 0) is 56.3 Å². The smallest absolute Gasteiger partial charge is 0.170 e. The largest absolute Gasteiger partial charge is 0.875 e. The van der Waals surface area contributed by atoms with Gasteiger partial charge < -0.3 is 5.11 Å². The summed E-state index contributed by atoms with van der Waals surface area (Å²) in [5.74, 6) is -0.793. The highest BCUT2D eigenvalue weighted by molar-refractivity contribution is 6.27. The zero-order valence-corrected chi connectivity index (χ0v) is 15.3. The zero-order chi connectivity index (χ0) is 18.4. The third-order valence-corrected chi connectivity index (χ3v) is 6.68. The Hall–Kier alpha value is -1.97. The highest BCUT2D eigenvalue weighted by atomic mass is 16.3. The molecule has 0 radical (unpaired) electrons. The summed E-state index contributed by atoms with van der Waals surface area (Å²) in [6.45, 7) is 1.77. The van der Waals surface area contributed by atoms with Gasteiger partial charge in [-0.1, -0.05) is 25.7 Å². The predicted molar refractivity (Wildman–Crippen MR) is 94.8 cm³/mol. The molecule has 138 valence electrons. The van der Waals surface area contributed by atoms with Crippen LogP contribution >= 0.6 is 0 Å². The first-order valence-corrected chi connectivity index (χ1v) is 9.93. The molecule has 4 aliphatic rings. The fourth-order valence-electron chi connectivity index (χ4n) is 5.34. The van der Waals surface area contributed by atoms with Crippen molar-refractivity contribution < 1.29 is 19.5 Å². The van der Waals surface area contributed by atoms with E-state index in [-0.39, 0.29) is 57.9 Å². The molecule has 4 heteroatoms. The molecular weight excluding hydrogens is 328 g/mol. The molecule has 0 N–H and O–H groups in total. The summed E-state index contributed by atoms with van der Waals surface area (Å²) in [7, 11) is 0. The molecule has 0 aromatic rings. The van der Waals surface area contributed by atoms with Gasteiger partial charge in [0.15, 0.2) is 17.3 Å². The number of allylic oxidation sites excluding steroid dienone is 6. The van der Waals surface area contributed by atoms with Crippen LogP contribution in [0.5, 0.6) is 0 Å². The van der Waals surface area contributed by atoms with E-state index in [1.807, 2.05) is 0 Å². The Morgan fingerprint density at radius 1 is 0.808 bits per heavy atom. The first kappa shape index (κ1) is 17.4. The van der Waals surface area contributed by atoms with Gasteiger partial charge in [-0.2, -0.15) is 0 Å². The summed E-state index contributed by atoms with van der Waals surface area (Å²) in [5.41, 5.74) is 1.19. The molecule has 0 saturated heterocycles. The van der Waals surface area contributed by atoms with E-state index < -0.39 is 0 Å². The standard InChI is InChI=1S/C22H26O4/c1-12(10-17-19(23)13-6-2-3-7-14(13)20(17)24)11-18-21(25)15-8-4-5-9-16(15)22(18)26/h10-11,13-16,23H,2-9H2,1H3/p-1. The number of Topliss-reactive ketones (excluding diaryl/α,β-unsaturated/α-hetero) is 3. The Bertz CT molecular complexity index is 741. The highest BCUT2D eigenvalue weighted by Crippen LogP contribution is 2.43. The van der Waals surface area contributed by atoms with E-state index in [1.165, 1.54) is 0 Å². The lowest BCUT2D eigenvalue weighted by molar-refractivity contribution is -0.316. The molecule has 4 aliphatic carbocycles. The molecule has 3 fully saturated rings. The van der Waals surface area contributed by atoms with E-state index in [0.29, 0.717) is 5.57 Å². The van der Waals surface area contributed by atoms with Gasteiger partial charge in [0.1, 0.15) is 0 Å². The van der Waals surface area contributed by atoms with Crippen molar-refractivity contribution in [3.63, 3.8) is 0 Å². The average molecular weight is 353 g/mol. The van der Waals surface area contributed by atoms with Crippen molar-refractivity contribution in [1.82, 2.24) is 0 Å². The molecule has 0 aromatic heterocycles. The van der Waals surface area contributed by atoms with Gasteiger partial charge in [-0.15, -0.1) is 5.76 Å². The molecule has 0 bridgehead atoms. The van der Waals surface area contributed by atoms with E-state index >= 15 is 0 Å². The topological polar surface area (TPSA) is 74.3 Å². The summed E-state index contributed by atoms with van der Waals surface area (Å²) >= 11 is 0. The number of hydrogen-bond acceptors (Lipinski definition) is 4. The quantitative estimate of drug-likeness (QED) is 0.565. The monoisotopic (exact) mass is 353 g/mol. The number of fused-ring (bicyclic) bond motifs is 2. The number of ketones is 3. The normalized spacial score (nSPS) is 35.0. The average Bonchev–Trinajstić information content (AvgIpc) is 3.03. The lowest BCUT2D eigenvalue weighted by Gasteiger charge is -2.28. The van der Waals surface area contributed by atoms with Crippen LogP contribution in [0.1, 0.15) is 58.3 Å². The second-order valence-electron chi connectivity index (χ2n) is 8.31. The van der Waals surface area contributed by atoms with Crippen molar-refractivity contribution in [3.05, 3.63) is 34.6 Å². The molecule has 0 aliphatic heterocycles. The van der Waals surface area contributed by atoms with Crippen molar-refractivity contribution in [2.24, 2.45) is 23.7 Å². The van der Waals surface area contributed by atoms with Crippen LogP contribution in [-0.4, -0.2) is 17.3 Å². The summed E-state index contributed by atoms with van der Waals surface area (Å²) in [6, 6.07) is 0. The van der Waals surface area contributed by atoms with E-state index in [2.05, 4.69) is 0 Å². The molecule has 0 spiro atoms. The maximum absolute atomic E-state index is 12.6. The van der Waals surface area contributed by atoms with Gasteiger partial charge in [0.25, 0.3) is 0 Å². The van der Waals surface area contributed by atoms with Gasteiger partial charge in [0, 0.05) is 23.3 Å². The highest BCUT2D eigenvalue weighted by Gasteiger charge is 2.46. The maximum Gasteiger partial charge on any atom is 0.170 e. The summed E-state index contributed by atoms with van der Waals surface area (Å²) in [5, 5.41) is 12.6. The van der Waals surface area contributed by atoms with Crippen molar-refractivity contribution in [3.8, 4) is 0 Å². The number of carbonyl (C=O) groups excluding carboxylic acids is 3. The van der Waals surface area contributed by atoms with Crippen molar-refractivity contribution in [2.45, 2.75) is 58.3 Å². The van der Waals surface area contributed by atoms with E-state index in [4.69, 9.17) is 0 Å². The minimum Gasteiger partial charge on any atom is -0.875 e. The molecule has 26 heavy (non-hydrogen) atoms. The third kappa shape index (κ3) is 2.70. The zero-order valence-electron chi connectivity index (χ0n) is 15.3. The number of hydrogen-bond donors (Lipinski definition) is 0. The van der Waals surface area contributed by atoms with Crippen molar-refractivity contribution >= 4 is 17.3 Å². The lowest BCUT2D eigenvalue weighted by Crippen LogP contribution is -2.24. The molecule has 4 rings (SSSR count). The van der Waals surface area contributed by atoms with E-state index in [9.17, 15) is 19.5 Å². The first-order chi connectivity index (χ1) is 12.5. The van der Waals surface area contributed by atoms with E-state index in [1.54, 1.807) is 19.1 Å².